The zero-order valence-electron chi connectivity index (χ0n) is 13.4. The normalized spacial score (nSPS) is 22.8. The molecule has 3 rings (SSSR count). The number of nitrogens with zero attached hydrogens (tertiary/aromatic N) is 1. The van der Waals surface area contributed by atoms with Crippen LogP contribution in [0.5, 0.6) is 0 Å². The third-order valence-electron chi connectivity index (χ3n) is 4.65. The third-order valence-corrected chi connectivity index (χ3v) is 4.65. The lowest BCUT2D eigenvalue weighted by atomic mass is 9.86. The molecule has 1 aliphatic carbocycles. The quantitative estimate of drug-likeness (QED) is 0.896. The van der Waals surface area contributed by atoms with Crippen molar-refractivity contribution >= 4 is 10.8 Å². The summed E-state index contributed by atoms with van der Waals surface area (Å²) < 4.78 is 0. The van der Waals surface area contributed by atoms with E-state index in [1.54, 1.807) is 0 Å². The summed E-state index contributed by atoms with van der Waals surface area (Å²) in [6.07, 6.45) is 8.05. The number of hydrogen-bond acceptors (Lipinski definition) is 2. The highest BCUT2D eigenvalue weighted by Gasteiger charge is 2.30. The highest BCUT2D eigenvalue weighted by Crippen LogP contribution is 2.41. The SMILES string of the molecule is CC(C)(C)NCC1CCCC1c1cncc2ccccc12. The lowest BCUT2D eigenvalue weighted by molar-refractivity contribution is 0.357. The zero-order chi connectivity index (χ0) is 14.9. The van der Waals surface area contributed by atoms with E-state index in [9.17, 15) is 0 Å². The Morgan fingerprint density at radius 2 is 1.95 bits per heavy atom. The Labute approximate surface area is 128 Å². The molecule has 0 radical (unpaired) electrons. The minimum atomic E-state index is 0.199. The molecule has 0 bridgehead atoms. The van der Waals surface area contributed by atoms with Crippen molar-refractivity contribution in [3.05, 3.63) is 42.2 Å². The van der Waals surface area contributed by atoms with Gasteiger partial charge in [0.2, 0.25) is 0 Å². The van der Waals surface area contributed by atoms with Crippen LogP contribution in [-0.4, -0.2) is 17.1 Å². The minimum Gasteiger partial charge on any atom is -0.312 e. The van der Waals surface area contributed by atoms with Gasteiger partial charge in [-0.15, -0.1) is 0 Å². The summed E-state index contributed by atoms with van der Waals surface area (Å²) in [7, 11) is 0. The monoisotopic (exact) mass is 282 g/mol. The smallest absolute Gasteiger partial charge is 0.0346 e. The highest BCUT2D eigenvalue weighted by molar-refractivity contribution is 5.85. The van der Waals surface area contributed by atoms with Gasteiger partial charge in [0.25, 0.3) is 0 Å². The highest BCUT2D eigenvalue weighted by atomic mass is 14.9. The van der Waals surface area contributed by atoms with Crippen molar-refractivity contribution in [1.82, 2.24) is 10.3 Å². The summed E-state index contributed by atoms with van der Waals surface area (Å²) in [6.45, 7) is 7.85. The molecular formula is C19H26N2. The van der Waals surface area contributed by atoms with Crippen molar-refractivity contribution in [2.75, 3.05) is 6.54 Å². The molecular weight excluding hydrogens is 256 g/mol. The van der Waals surface area contributed by atoms with Gasteiger partial charge in [0.05, 0.1) is 0 Å². The Morgan fingerprint density at radius 1 is 1.14 bits per heavy atom. The summed E-state index contributed by atoms with van der Waals surface area (Å²) in [5, 5.41) is 6.35. The van der Waals surface area contributed by atoms with Gasteiger partial charge in [-0.25, -0.2) is 0 Å². The Hall–Kier alpha value is -1.41. The van der Waals surface area contributed by atoms with Crippen LogP contribution in [-0.2, 0) is 0 Å². The molecule has 1 aliphatic rings. The fourth-order valence-electron chi connectivity index (χ4n) is 3.56. The van der Waals surface area contributed by atoms with Crippen LogP contribution in [0.4, 0.5) is 0 Å². The number of nitrogens with one attached hydrogen (secondary N) is 1. The van der Waals surface area contributed by atoms with Crippen molar-refractivity contribution in [1.29, 1.82) is 0 Å². The van der Waals surface area contributed by atoms with Gasteiger partial charge >= 0.3 is 0 Å². The van der Waals surface area contributed by atoms with E-state index in [1.807, 2.05) is 6.20 Å². The lowest BCUT2D eigenvalue weighted by Gasteiger charge is -2.27. The summed E-state index contributed by atoms with van der Waals surface area (Å²) in [5.41, 5.74) is 1.65. The van der Waals surface area contributed by atoms with Crippen LogP contribution in [0, 0.1) is 5.92 Å². The standard InChI is InChI=1S/C19H26N2/c1-19(2,3)21-12-15-8-6-10-17(15)18-13-20-11-14-7-4-5-9-16(14)18/h4-5,7,9,11,13,15,17,21H,6,8,10,12H2,1-3H3. The van der Waals surface area contributed by atoms with E-state index < -0.39 is 0 Å². The first kappa shape index (κ1) is 14.5. The third kappa shape index (κ3) is 3.26. The predicted octanol–water partition coefficient (Wildman–Crippen LogP) is 4.51. The molecule has 2 unspecified atom stereocenters. The maximum absolute atomic E-state index is 4.48. The molecule has 1 N–H and O–H groups in total. The molecule has 1 saturated carbocycles. The van der Waals surface area contributed by atoms with E-state index in [4.69, 9.17) is 0 Å². The molecule has 0 aliphatic heterocycles. The van der Waals surface area contributed by atoms with Crippen molar-refractivity contribution in [2.45, 2.75) is 51.5 Å². The van der Waals surface area contributed by atoms with Gasteiger partial charge in [-0.3, -0.25) is 4.98 Å². The van der Waals surface area contributed by atoms with Crippen molar-refractivity contribution in [3.63, 3.8) is 0 Å². The van der Waals surface area contributed by atoms with Gasteiger partial charge in [-0.05, 0) is 62.9 Å². The van der Waals surface area contributed by atoms with Crippen LogP contribution in [0.15, 0.2) is 36.7 Å². The number of benzene rings is 1. The minimum absolute atomic E-state index is 0.199. The van der Waals surface area contributed by atoms with E-state index in [0.29, 0.717) is 5.92 Å². The molecule has 2 heteroatoms. The van der Waals surface area contributed by atoms with E-state index in [1.165, 1.54) is 35.6 Å². The van der Waals surface area contributed by atoms with E-state index in [0.717, 1.165) is 12.5 Å². The zero-order valence-corrected chi connectivity index (χ0v) is 13.4. The summed E-state index contributed by atoms with van der Waals surface area (Å²) in [5.74, 6) is 1.38. The molecule has 2 atom stereocenters. The maximum Gasteiger partial charge on any atom is 0.0346 e. The first-order valence-corrected chi connectivity index (χ1v) is 8.12. The molecule has 112 valence electrons. The van der Waals surface area contributed by atoms with Gasteiger partial charge in [0.1, 0.15) is 0 Å². The Bertz CT molecular complexity index is 607. The second-order valence-electron chi connectivity index (χ2n) is 7.38. The van der Waals surface area contributed by atoms with Crippen LogP contribution >= 0.6 is 0 Å². The lowest BCUT2D eigenvalue weighted by Crippen LogP contribution is -2.39. The van der Waals surface area contributed by atoms with Crippen molar-refractivity contribution < 1.29 is 0 Å². The summed E-state index contributed by atoms with van der Waals surface area (Å²) in [6, 6.07) is 8.66. The van der Waals surface area contributed by atoms with E-state index in [2.05, 4.69) is 61.5 Å². The molecule has 1 heterocycles. The average molecular weight is 282 g/mol. The van der Waals surface area contributed by atoms with Gasteiger partial charge in [0, 0.05) is 23.3 Å². The average Bonchev–Trinajstić information content (AvgIpc) is 2.92. The molecule has 21 heavy (non-hydrogen) atoms. The molecule has 1 aromatic carbocycles. The van der Waals surface area contributed by atoms with E-state index >= 15 is 0 Å². The van der Waals surface area contributed by atoms with Gasteiger partial charge in [-0.2, -0.15) is 0 Å². The molecule has 2 aromatic rings. The number of rotatable bonds is 3. The molecule has 2 nitrogen and oxygen atoms in total. The molecule has 1 fully saturated rings. The van der Waals surface area contributed by atoms with Crippen LogP contribution in [0.2, 0.25) is 0 Å². The van der Waals surface area contributed by atoms with Gasteiger partial charge in [-0.1, -0.05) is 30.7 Å². The number of aromatic nitrogens is 1. The number of fused-ring (bicyclic) bond motifs is 1. The van der Waals surface area contributed by atoms with Crippen LogP contribution in [0.25, 0.3) is 10.8 Å². The van der Waals surface area contributed by atoms with Crippen molar-refractivity contribution in [2.24, 2.45) is 5.92 Å². The summed E-state index contributed by atoms with van der Waals surface area (Å²) >= 11 is 0. The summed E-state index contributed by atoms with van der Waals surface area (Å²) in [4.78, 5) is 4.48. The maximum atomic E-state index is 4.48. The van der Waals surface area contributed by atoms with Crippen LogP contribution in [0.3, 0.4) is 0 Å². The van der Waals surface area contributed by atoms with E-state index in [-0.39, 0.29) is 5.54 Å². The first-order chi connectivity index (χ1) is 10.0. The fraction of sp³-hybridized carbons (Fsp3) is 0.526. The first-order valence-electron chi connectivity index (χ1n) is 8.12. The Kier molecular flexibility index (Phi) is 3.99. The fourth-order valence-corrected chi connectivity index (χ4v) is 3.56. The number of hydrogen-bond donors (Lipinski definition) is 1. The van der Waals surface area contributed by atoms with Gasteiger partial charge in [0.15, 0.2) is 0 Å². The van der Waals surface area contributed by atoms with Crippen LogP contribution in [0.1, 0.15) is 51.5 Å². The molecule has 0 saturated heterocycles. The number of pyridine rings is 1. The second-order valence-corrected chi connectivity index (χ2v) is 7.38. The molecule has 1 aromatic heterocycles. The van der Waals surface area contributed by atoms with Crippen molar-refractivity contribution in [3.8, 4) is 0 Å². The molecule has 0 spiro atoms. The Morgan fingerprint density at radius 3 is 2.76 bits per heavy atom. The topological polar surface area (TPSA) is 24.9 Å². The Balaban J connectivity index is 1.87. The van der Waals surface area contributed by atoms with Crippen LogP contribution < -0.4 is 5.32 Å². The molecule has 0 amide bonds. The largest absolute Gasteiger partial charge is 0.312 e. The second kappa shape index (κ2) is 5.76. The predicted molar refractivity (Wildman–Crippen MR) is 89.6 cm³/mol. The van der Waals surface area contributed by atoms with Gasteiger partial charge < -0.3 is 5.32 Å².